The van der Waals surface area contributed by atoms with Crippen LogP contribution in [0.2, 0.25) is 0 Å². The van der Waals surface area contributed by atoms with E-state index in [1.54, 1.807) is 29.9 Å². The fourth-order valence-electron chi connectivity index (χ4n) is 2.12. The summed E-state index contributed by atoms with van der Waals surface area (Å²) in [6.45, 7) is 4.09. The van der Waals surface area contributed by atoms with Gasteiger partial charge in [0.15, 0.2) is 0 Å². The van der Waals surface area contributed by atoms with Crippen molar-refractivity contribution in [3.63, 3.8) is 0 Å². The van der Waals surface area contributed by atoms with Crippen LogP contribution in [0.3, 0.4) is 0 Å². The largest absolute Gasteiger partial charge is 0.377 e. The van der Waals surface area contributed by atoms with Gasteiger partial charge >= 0.3 is 0 Å². The minimum Gasteiger partial charge on any atom is -0.377 e. The molecule has 2 aromatic heterocycles. The molecule has 0 fully saturated rings. The zero-order valence-electron chi connectivity index (χ0n) is 11.9. The molecule has 0 radical (unpaired) electrons. The number of nitrogens with one attached hydrogen (secondary N) is 1. The lowest BCUT2D eigenvalue weighted by Crippen LogP contribution is -2.08. The van der Waals surface area contributed by atoms with Gasteiger partial charge in [-0.1, -0.05) is 12.1 Å². The minimum absolute atomic E-state index is 0.103. The molecule has 3 aromatic rings. The third-order valence-corrected chi connectivity index (χ3v) is 3.96. The van der Waals surface area contributed by atoms with E-state index < -0.39 is 0 Å². The van der Waals surface area contributed by atoms with Gasteiger partial charge in [0, 0.05) is 29.0 Å². The Morgan fingerprint density at radius 2 is 2.14 bits per heavy atom. The SMILES string of the molecule is Cc1nc(-c2cccc(NC(C)c3cnccn3)c2)cs1. The second-order valence-electron chi connectivity index (χ2n) is 4.83. The standard InChI is InChI=1S/C16H16N4S/c1-11(15-9-17-6-7-18-15)19-14-5-3-4-13(8-14)16-10-21-12(2)20-16/h3-11,19H,1-2H3. The van der Waals surface area contributed by atoms with E-state index >= 15 is 0 Å². The molecule has 0 aliphatic carbocycles. The van der Waals surface area contributed by atoms with E-state index in [0.717, 1.165) is 27.6 Å². The Morgan fingerprint density at radius 1 is 1.24 bits per heavy atom. The van der Waals surface area contributed by atoms with Crippen LogP contribution in [0.5, 0.6) is 0 Å². The number of benzene rings is 1. The first-order valence-electron chi connectivity index (χ1n) is 6.77. The van der Waals surface area contributed by atoms with Crippen LogP contribution in [0.25, 0.3) is 11.3 Å². The molecule has 0 saturated carbocycles. The molecule has 0 spiro atoms. The molecule has 21 heavy (non-hydrogen) atoms. The average Bonchev–Trinajstić information content (AvgIpc) is 2.95. The van der Waals surface area contributed by atoms with Crippen molar-refractivity contribution in [2.75, 3.05) is 5.32 Å². The number of anilines is 1. The van der Waals surface area contributed by atoms with Gasteiger partial charge in [-0.3, -0.25) is 9.97 Å². The summed E-state index contributed by atoms with van der Waals surface area (Å²) < 4.78 is 0. The second kappa shape index (κ2) is 6.01. The summed E-state index contributed by atoms with van der Waals surface area (Å²) in [7, 11) is 0. The van der Waals surface area contributed by atoms with Crippen LogP contribution in [0, 0.1) is 6.92 Å². The van der Waals surface area contributed by atoms with Gasteiger partial charge in [-0.25, -0.2) is 4.98 Å². The molecule has 0 bridgehead atoms. The summed E-state index contributed by atoms with van der Waals surface area (Å²) in [5, 5.41) is 6.61. The van der Waals surface area contributed by atoms with E-state index in [2.05, 4.69) is 50.8 Å². The van der Waals surface area contributed by atoms with Gasteiger partial charge < -0.3 is 5.32 Å². The van der Waals surface area contributed by atoms with Crippen LogP contribution in [-0.2, 0) is 0 Å². The normalized spacial score (nSPS) is 12.1. The minimum atomic E-state index is 0.103. The number of thiazole rings is 1. The van der Waals surface area contributed by atoms with Gasteiger partial charge in [0.1, 0.15) is 0 Å². The number of aromatic nitrogens is 3. The second-order valence-corrected chi connectivity index (χ2v) is 5.89. The zero-order chi connectivity index (χ0) is 14.7. The predicted octanol–water partition coefficient (Wildman–Crippen LogP) is 4.08. The molecule has 0 amide bonds. The first kappa shape index (κ1) is 13.7. The van der Waals surface area contributed by atoms with Crippen LogP contribution in [0.1, 0.15) is 23.7 Å². The maximum absolute atomic E-state index is 4.53. The third kappa shape index (κ3) is 3.25. The van der Waals surface area contributed by atoms with Crippen LogP contribution in [0.4, 0.5) is 5.69 Å². The summed E-state index contributed by atoms with van der Waals surface area (Å²) in [6.07, 6.45) is 5.18. The van der Waals surface area contributed by atoms with E-state index in [4.69, 9.17) is 0 Å². The van der Waals surface area contributed by atoms with E-state index in [1.807, 2.05) is 13.0 Å². The number of hydrogen-bond acceptors (Lipinski definition) is 5. The summed E-state index contributed by atoms with van der Waals surface area (Å²) in [5.41, 5.74) is 4.12. The Kier molecular flexibility index (Phi) is 3.92. The topological polar surface area (TPSA) is 50.7 Å². The summed E-state index contributed by atoms with van der Waals surface area (Å²) in [5.74, 6) is 0. The molecule has 4 nitrogen and oxygen atoms in total. The van der Waals surface area contributed by atoms with Crippen LogP contribution >= 0.6 is 11.3 Å². The lowest BCUT2D eigenvalue weighted by atomic mass is 10.1. The molecule has 5 heteroatoms. The van der Waals surface area contributed by atoms with Gasteiger partial charge in [0.2, 0.25) is 0 Å². The Hall–Kier alpha value is -2.27. The fraction of sp³-hybridized carbons (Fsp3) is 0.188. The van der Waals surface area contributed by atoms with Gasteiger partial charge in [0.25, 0.3) is 0 Å². The highest BCUT2D eigenvalue weighted by Crippen LogP contribution is 2.25. The highest BCUT2D eigenvalue weighted by atomic mass is 32.1. The maximum Gasteiger partial charge on any atom is 0.0901 e. The van der Waals surface area contributed by atoms with Gasteiger partial charge in [-0.15, -0.1) is 11.3 Å². The van der Waals surface area contributed by atoms with Crippen molar-refractivity contribution in [2.45, 2.75) is 19.9 Å². The molecule has 1 N–H and O–H groups in total. The summed E-state index contributed by atoms with van der Waals surface area (Å²) in [6, 6.07) is 8.38. The van der Waals surface area contributed by atoms with Crippen molar-refractivity contribution in [3.05, 3.63) is 58.9 Å². The molecular weight excluding hydrogens is 280 g/mol. The highest BCUT2D eigenvalue weighted by molar-refractivity contribution is 7.09. The molecule has 2 heterocycles. The molecule has 1 unspecified atom stereocenters. The van der Waals surface area contributed by atoms with Gasteiger partial charge in [0.05, 0.1) is 28.6 Å². The van der Waals surface area contributed by atoms with Gasteiger partial charge in [-0.05, 0) is 26.0 Å². The van der Waals surface area contributed by atoms with Gasteiger partial charge in [-0.2, -0.15) is 0 Å². The van der Waals surface area contributed by atoms with Crippen molar-refractivity contribution in [3.8, 4) is 11.3 Å². The lowest BCUT2D eigenvalue weighted by Gasteiger charge is -2.14. The molecule has 3 rings (SSSR count). The average molecular weight is 296 g/mol. The van der Waals surface area contributed by atoms with Crippen molar-refractivity contribution in [2.24, 2.45) is 0 Å². The number of rotatable bonds is 4. The number of hydrogen-bond donors (Lipinski definition) is 1. The molecule has 0 aliphatic heterocycles. The Morgan fingerprint density at radius 3 is 2.86 bits per heavy atom. The number of aryl methyl sites for hydroxylation is 1. The van der Waals surface area contributed by atoms with E-state index in [-0.39, 0.29) is 6.04 Å². The predicted molar refractivity (Wildman–Crippen MR) is 86.4 cm³/mol. The Labute approximate surface area is 127 Å². The van der Waals surface area contributed by atoms with Crippen molar-refractivity contribution in [1.29, 1.82) is 0 Å². The first-order valence-corrected chi connectivity index (χ1v) is 7.65. The molecule has 1 aromatic carbocycles. The summed E-state index contributed by atoms with van der Waals surface area (Å²) >= 11 is 1.67. The monoisotopic (exact) mass is 296 g/mol. The van der Waals surface area contributed by atoms with E-state index in [0.29, 0.717) is 0 Å². The summed E-state index contributed by atoms with van der Waals surface area (Å²) in [4.78, 5) is 13.0. The lowest BCUT2D eigenvalue weighted by molar-refractivity contribution is 0.827. The van der Waals surface area contributed by atoms with Crippen LogP contribution in [0.15, 0.2) is 48.2 Å². The quantitative estimate of drug-likeness (QED) is 0.788. The Bertz CT molecular complexity index is 724. The van der Waals surface area contributed by atoms with Crippen LogP contribution in [-0.4, -0.2) is 15.0 Å². The Balaban J connectivity index is 1.80. The number of nitrogens with zero attached hydrogens (tertiary/aromatic N) is 3. The molecule has 0 aliphatic rings. The first-order chi connectivity index (χ1) is 10.2. The smallest absolute Gasteiger partial charge is 0.0901 e. The van der Waals surface area contributed by atoms with Crippen molar-refractivity contribution >= 4 is 17.0 Å². The van der Waals surface area contributed by atoms with E-state index in [1.165, 1.54) is 0 Å². The highest BCUT2D eigenvalue weighted by Gasteiger charge is 2.08. The van der Waals surface area contributed by atoms with Crippen LogP contribution < -0.4 is 5.32 Å². The molecule has 1 atom stereocenters. The maximum atomic E-state index is 4.53. The van der Waals surface area contributed by atoms with Crippen molar-refractivity contribution in [1.82, 2.24) is 15.0 Å². The zero-order valence-corrected chi connectivity index (χ0v) is 12.8. The van der Waals surface area contributed by atoms with Crippen molar-refractivity contribution < 1.29 is 0 Å². The third-order valence-electron chi connectivity index (χ3n) is 3.19. The molecule has 0 saturated heterocycles. The van der Waals surface area contributed by atoms with E-state index in [9.17, 15) is 0 Å². The molecular formula is C16H16N4S. The molecule has 106 valence electrons. The fourth-order valence-corrected chi connectivity index (χ4v) is 2.74.